The van der Waals surface area contributed by atoms with Gasteiger partial charge in [-0.15, -0.1) is 0 Å². The van der Waals surface area contributed by atoms with Crippen LogP contribution in [0.1, 0.15) is 31.0 Å². The first-order chi connectivity index (χ1) is 11.7. The Hall–Kier alpha value is -2.50. The maximum absolute atomic E-state index is 5.41. The fourth-order valence-corrected chi connectivity index (χ4v) is 2.57. The third-order valence-electron chi connectivity index (χ3n) is 3.97. The highest BCUT2D eigenvalue weighted by Gasteiger charge is 2.13. The minimum absolute atomic E-state index is 0.292. The van der Waals surface area contributed by atoms with Crippen LogP contribution in [0.4, 0.5) is 11.8 Å². The van der Waals surface area contributed by atoms with Gasteiger partial charge in [0, 0.05) is 31.9 Å². The van der Waals surface area contributed by atoms with E-state index in [1.807, 2.05) is 31.2 Å². The lowest BCUT2D eigenvalue weighted by molar-refractivity contribution is 0.174. The molecule has 2 heterocycles. The Bertz CT molecular complexity index is 705. The molecule has 1 aromatic carbocycles. The number of fused-ring (bicyclic) bond motifs is 1. The van der Waals surface area contributed by atoms with Gasteiger partial charge in [0.15, 0.2) is 11.5 Å². The topological polar surface area (TPSA) is 59.5 Å². The summed E-state index contributed by atoms with van der Waals surface area (Å²) in [7, 11) is 2.07. The third-order valence-corrected chi connectivity index (χ3v) is 3.97. The lowest BCUT2D eigenvalue weighted by Crippen LogP contribution is -2.20. The van der Waals surface area contributed by atoms with Crippen molar-refractivity contribution in [3.8, 4) is 11.5 Å². The Labute approximate surface area is 142 Å². The third kappa shape index (κ3) is 3.88. The highest BCUT2D eigenvalue weighted by molar-refractivity contribution is 5.47. The molecule has 0 radical (unpaired) electrons. The molecule has 128 valence electrons. The van der Waals surface area contributed by atoms with Crippen LogP contribution in [0.25, 0.3) is 0 Å². The molecular formula is C18H24N4O2. The standard InChI is InChI=1S/C18H24N4O2/c1-4-5-8-22(3)17-9-13(2)20-18(21-17)19-11-14-6-7-15-16(10-14)24-12-23-15/h6-7,9-10H,4-5,8,11-12H2,1-3H3,(H,19,20,21). The van der Waals surface area contributed by atoms with Crippen LogP contribution in [0.3, 0.4) is 0 Å². The fraction of sp³-hybridized carbons (Fsp3) is 0.444. The average Bonchev–Trinajstić information content (AvgIpc) is 3.05. The van der Waals surface area contributed by atoms with Gasteiger partial charge in [-0.1, -0.05) is 19.4 Å². The SMILES string of the molecule is CCCCN(C)c1cc(C)nc(NCc2ccc3c(c2)OCO3)n1. The Balaban J connectivity index is 1.67. The Kier molecular flexibility index (Phi) is 5.03. The number of ether oxygens (including phenoxy) is 2. The van der Waals surface area contributed by atoms with E-state index >= 15 is 0 Å². The first kappa shape index (κ1) is 16.4. The number of hydrogen-bond acceptors (Lipinski definition) is 6. The highest BCUT2D eigenvalue weighted by Crippen LogP contribution is 2.32. The van der Waals surface area contributed by atoms with Gasteiger partial charge in [0.05, 0.1) is 0 Å². The molecule has 2 aromatic rings. The summed E-state index contributed by atoms with van der Waals surface area (Å²) >= 11 is 0. The molecule has 6 nitrogen and oxygen atoms in total. The van der Waals surface area contributed by atoms with E-state index in [0.29, 0.717) is 19.3 Å². The summed E-state index contributed by atoms with van der Waals surface area (Å²) in [5.74, 6) is 3.18. The number of aryl methyl sites for hydroxylation is 1. The molecule has 0 bridgehead atoms. The van der Waals surface area contributed by atoms with Crippen molar-refractivity contribution in [2.45, 2.75) is 33.2 Å². The number of aromatic nitrogens is 2. The number of unbranched alkanes of at least 4 members (excludes halogenated alkanes) is 1. The van der Waals surface area contributed by atoms with E-state index in [9.17, 15) is 0 Å². The molecule has 1 aromatic heterocycles. The molecule has 0 spiro atoms. The fourth-order valence-electron chi connectivity index (χ4n) is 2.57. The van der Waals surface area contributed by atoms with Crippen LogP contribution in [-0.4, -0.2) is 30.4 Å². The largest absolute Gasteiger partial charge is 0.454 e. The quantitative estimate of drug-likeness (QED) is 0.841. The number of nitrogens with one attached hydrogen (secondary N) is 1. The van der Waals surface area contributed by atoms with Crippen molar-refractivity contribution in [3.63, 3.8) is 0 Å². The predicted octanol–water partition coefficient (Wildman–Crippen LogP) is 3.36. The van der Waals surface area contributed by atoms with E-state index in [4.69, 9.17) is 9.47 Å². The van der Waals surface area contributed by atoms with Gasteiger partial charge in [0.25, 0.3) is 0 Å². The number of nitrogens with zero attached hydrogens (tertiary/aromatic N) is 3. The van der Waals surface area contributed by atoms with Crippen molar-refractivity contribution < 1.29 is 9.47 Å². The molecule has 0 saturated heterocycles. The average molecular weight is 328 g/mol. The molecular weight excluding hydrogens is 304 g/mol. The van der Waals surface area contributed by atoms with E-state index in [0.717, 1.165) is 41.5 Å². The molecule has 0 aliphatic carbocycles. The van der Waals surface area contributed by atoms with Gasteiger partial charge in [-0.3, -0.25) is 0 Å². The second-order valence-corrected chi connectivity index (χ2v) is 6.01. The van der Waals surface area contributed by atoms with Crippen LogP contribution in [0.15, 0.2) is 24.3 Å². The van der Waals surface area contributed by atoms with E-state index in [-0.39, 0.29) is 0 Å². The van der Waals surface area contributed by atoms with Crippen LogP contribution in [0.2, 0.25) is 0 Å². The Morgan fingerprint density at radius 3 is 2.83 bits per heavy atom. The van der Waals surface area contributed by atoms with Gasteiger partial charge in [0.1, 0.15) is 5.82 Å². The second-order valence-electron chi connectivity index (χ2n) is 6.01. The summed E-state index contributed by atoms with van der Waals surface area (Å²) in [4.78, 5) is 11.3. The van der Waals surface area contributed by atoms with Crippen LogP contribution in [0, 0.1) is 6.92 Å². The molecule has 1 N–H and O–H groups in total. The maximum Gasteiger partial charge on any atom is 0.231 e. The first-order valence-electron chi connectivity index (χ1n) is 8.35. The van der Waals surface area contributed by atoms with E-state index in [1.165, 1.54) is 6.42 Å². The Morgan fingerprint density at radius 1 is 1.17 bits per heavy atom. The van der Waals surface area contributed by atoms with Gasteiger partial charge < -0.3 is 19.7 Å². The molecule has 6 heteroatoms. The van der Waals surface area contributed by atoms with Gasteiger partial charge in [-0.25, -0.2) is 4.98 Å². The molecule has 1 aliphatic heterocycles. The van der Waals surface area contributed by atoms with Gasteiger partial charge in [-0.2, -0.15) is 4.98 Å². The molecule has 3 rings (SSSR count). The number of rotatable bonds is 7. The van der Waals surface area contributed by atoms with Crippen molar-refractivity contribution in [3.05, 3.63) is 35.5 Å². The van der Waals surface area contributed by atoms with Crippen LogP contribution >= 0.6 is 0 Å². The lowest BCUT2D eigenvalue weighted by Gasteiger charge is -2.19. The molecule has 0 atom stereocenters. The zero-order valence-electron chi connectivity index (χ0n) is 14.5. The van der Waals surface area contributed by atoms with Crippen LogP contribution in [-0.2, 0) is 6.54 Å². The van der Waals surface area contributed by atoms with Crippen LogP contribution < -0.4 is 19.7 Å². The molecule has 1 aliphatic rings. The molecule has 0 fully saturated rings. The zero-order chi connectivity index (χ0) is 16.9. The smallest absolute Gasteiger partial charge is 0.231 e. The summed E-state index contributed by atoms with van der Waals surface area (Å²) in [6.45, 7) is 6.11. The van der Waals surface area contributed by atoms with E-state index in [1.54, 1.807) is 0 Å². The summed E-state index contributed by atoms with van der Waals surface area (Å²) in [6, 6.07) is 7.95. The normalized spacial score (nSPS) is 12.3. The summed E-state index contributed by atoms with van der Waals surface area (Å²) in [6.07, 6.45) is 2.32. The van der Waals surface area contributed by atoms with Gasteiger partial charge in [-0.05, 0) is 31.0 Å². The monoisotopic (exact) mass is 328 g/mol. The predicted molar refractivity (Wildman–Crippen MR) is 94.8 cm³/mol. The zero-order valence-corrected chi connectivity index (χ0v) is 14.5. The van der Waals surface area contributed by atoms with Crippen molar-refractivity contribution in [1.29, 1.82) is 0 Å². The van der Waals surface area contributed by atoms with Crippen molar-refractivity contribution >= 4 is 11.8 Å². The van der Waals surface area contributed by atoms with E-state index in [2.05, 4.69) is 34.2 Å². The van der Waals surface area contributed by atoms with E-state index < -0.39 is 0 Å². The number of anilines is 2. The van der Waals surface area contributed by atoms with Crippen molar-refractivity contribution in [1.82, 2.24) is 9.97 Å². The second kappa shape index (κ2) is 7.38. The lowest BCUT2D eigenvalue weighted by atomic mass is 10.2. The van der Waals surface area contributed by atoms with Gasteiger partial charge in [0.2, 0.25) is 12.7 Å². The number of hydrogen-bond donors (Lipinski definition) is 1. The van der Waals surface area contributed by atoms with Crippen molar-refractivity contribution in [2.24, 2.45) is 0 Å². The summed E-state index contributed by atoms with van der Waals surface area (Å²) in [5.41, 5.74) is 2.06. The summed E-state index contributed by atoms with van der Waals surface area (Å²) in [5, 5.41) is 3.30. The Morgan fingerprint density at radius 2 is 2.00 bits per heavy atom. The minimum atomic E-state index is 0.292. The van der Waals surface area contributed by atoms with Crippen molar-refractivity contribution in [2.75, 3.05) is 30.6 Å². The molecule has 24 heavy (non-hydrogen) atoms. The molecule has 0 unspecified atom stereocenters. The summed E-state index contributed by atoms with van der Waals surface area (Å²) < 4.78 is 10.7. The molecule has 0 amide bonds. The molecule has 0 saturated carbocycles. The number of benzene rings is 1. The van der Waals surface area contributed by atoms with Crippen LogP contribution in [0.5, 0.6) is 11.5 Å². The first-order valence-corrected chi connectivity index (χ1v) is 8.35. The van der Waals surface area contributed by atoms with Gasteiger partial charge >= 0.3 is 0 Å². The maximum atomic E-state index is 5.41. The minimum Gasteiger partial charge on any atom is -0.454 e. The highest BCUT2D eigenvalue weighted by atomic mass is 16.7.